The highest BCUT2D eigenvalue weighted by molar-refractivity contribution is 7.98. The third kappa shape index (κ3) is 2.92. The van der Waals surface area contributed by atoms with Crippen LogP contribution < -0.4 is 0 Å². The largest absolute Gasteiger partial charge is 0.328 e. The Morgan fingerprint density at radius 2 is 2.16 bits per heavy atom. The van der Waals surface area contributed by atoms with Crippen LogP contribution in [-0.4, -0.2) is 29.1 Å². The van der Waals surface area contributed by atoms with Gasteiger partial charge in [0, 0.05) is 17.7 Å². The van der Waals surface area contributed by atoms with Gasteiger partial charge in [0.15, 0.2) is 0 Å². The minimum atomic E-state index is 0.518. The fraction of sp³-hybridized carbons (Fsp3) is 0.312. The van der Waals surface area contributed by atoms with E-state index in [1.165, 1.54) is 11.1 Å². The zero-order valence-corrected chi connectivity index (χ0v) is 11.9. The van der Waals surface area contributed by atoms with Crippen molar-refractivity contribution in [3.63, 3.8) is 0 Å². The minimum Gasteiger partial charge on any atom is -0.328 e. The summed E-state index contributed by atoms with van der Waals surface area (Å²) in [5.41, 5.74) is 2.68. The van der Waals surface area contributed by atoms with Crippen LogP contribution in [0, 0.1) is 0 Å². The topological polar surface area (TPSA) is 15.6 Å². The van der Waals surface area contributed by atoms with E-state index in [2.05, 4.69) is 65.5 Å². The summed E-state index contributed by atoms with van der Waals surface area (Å²) in [5.74, 6) is 3.34. The van der Waals surface area contributed by atoms with Crippen LogP contribution in [0.25, 0.3) is 0 Å². The van der Waals surface area contributed by atoms with Crippen LogP contribution in [0.15, 0.2) is 59.2 Å². The Morgan fingerprint density at radius 1 is 1.32 bits per heavy atom. The summed E-state index contributed by atoms with van der Waals surface area (Å²) in [6.07, 6.45) is 6.51. The number of benzene rings is 1. The lowest BCUT2D eigenvalue weighted by Crippen LogP contribution is -2.34. The predicted octanol–water partition coefficient (Wildman–Crippen LogP) is 3.48. The fourth-order valence-electron chi connectivity index (χ4n) is 2.34. The lowest BCUT2D eigenvalue weighted by Gasteiger charge is -2.25. The van der Waals surface area contributed by atoms with Crippen LogP contribution >= 0.6 is 11.8 Å². The first-order valence-corrected chi connectivity index (χ1v) is 7.79. The van der Waals surface area contributed by atoms with E-state index in [0.717, 1.165) is 23.9 Å². The van der Waals surface area contributed by atoms with E-state index in [9.17, 15) is 0 Å². The molecule has 2 aliphatic rings. The van der Waals surface area contributed by atoms with Crippen LogP contribution in [0.4, 0.5) is 0 Å². The Balaban J connectivity index is 1.52. The number of hydrogen-bond donors (Lipinski definition) is 0. The van der Waals surface area contributed by atoms with E-state index in [0.29, 0.717) is 6.04 Å². The molecule has 0 aromatic heterocycles. The van der Waals surface area contributed by atoms with Crippen molar-refractivity contribution in [3.8, 4) is 0 Å². The van der Waals surface area contributed by atoms with Crippen LogP contribution in [-0.2, 0) is 5.75 Å². The van der Waals surface area contributed by atoms with Crippen molar-refractivity contribution in [1.29, 1.82) is 0 Å². The summed E-state index contributed by atoms with van der Waals surface area (Å²) in [4.78, 5) is 6.93. The highest BCUT2D eigenvalue weighted by Gasteiger charge is 2.25. The van der Waals surface area contributed by atoms with Crippen molar-refractivity contribution in [2.75, 3.05) is 12.3 Å². The molecule has 1 aromatic rings. The Hall–Kier alpha value is -1.48. The van der Waals surface area contributed by atoms with Crippen molar-refractivity contribution in [3.05, 3.63) is 59.8 Å². The normalized spacial score (nSPS) is 21.1. The summed E-state index contributed by atoms with van der Waals surface area (Å²) in [5, 5.41) is 0. The Labute approximate surface area is 118 Å². The fourth-order valence-corrected chi connectivity index (χ4v) is 3.43. The maximum Gasteiger partial charge on any atom is 0.128 e. The van der Waals surface area contributed by atoms with E-state index in [1.54, 1.807) is 0 Å². The van der Waals surface area contributed by atoms with E-state index in [1.807, 2.05) is 11.8 Å². The third-order valence-corrected chi connectivity index (χ3v) is 4.56. The lowest BCUT2D eigenvalue weighted by molar-refractivity contribution is 0.479. The summed E-state index contributed by atoms with van der Waals surface area (Å²) in [6, 6.07) is 11.2. The molecular formula is C16H18N2S. The molecule has 0 saturated carbocycles. The molecule has 0 radical (unpaired) electrons. The van der Waals surface area contributed by atoms with Gasteiger partial charge >= 0.3 is 0 Å². The molecule has 3 rings (SSSR count). The molecule has 2 nitrogen and oxygen atoms in total. The van der Waals surface area contributed by atoms with Crippen LogP contribution in [0.1, 0.15) is 12.5 Å². The summed E-state index contributed by atoms with van der Waals surface area (Å²) >= 11 is 1.99. The number of fused-ring (bicyclic) bond motifs is 1. The molecule has 0 fully saturated rings. The number of hydrogen-bond acceptors (Lipinski definition) is 3. The van der Waals surface area contributed by atoms with E-state index in [-0.39, 0.29) is 0 Å². The second-order valence-electron chi connectivity index (χ2n) is 4.96. The second kappa shape index (κ2) is 5.66. The maximum atomic E-state index is 4.62. The summed E-state index contributed by atoms with van der Waals surface area (Å²) in [6.45, 7) is 3.04. The molecule has 0 saturated heterocycles. The van der Waals surface area contributed by atoms with E-state index in [4.69, 9.17) is 0 Å². The van der Waals surface area contributed by atoms with Crippen molar-refractivity contribution in [2.24, 2.45) is 4.99 Å². The quantitative estimate of drug-likeness (QED) is 0.832. The number of rotatable bonds is 4. The zero-order chi connectivity index (χ0) is 13.1. The van der Waals surface area contributed by atoms with Gasteiger partial charge in [0.25, 0.3) is 0 Å². The second-order valence-corrected chi connectivity index (χ2v) is 6.00. The van der Waals surface area contributed by atoms with Gasteiger partial charge in [0.05, 0.1) is 12.6 Å². The Kier molecular flexibility index (Phi) is 3.74. The van der Waals surface area contributed by atoms with Gasteiger partial charge < -0.3 is 4.90 Å². The first kappa shape index (κ1) is 12.5. The van der Waals surface area contributed by atoms with Crippen molar-refractivity contribution in [2.45, 2.75) is 18.7 Å². The molecule has 0 N–H and O–H groups in total. The molecule has 98 valence electrons. The van der Waals surface area contributed by atoms with Crippen LogP contribution in [0.5, 0.6) is 0 Å². The van der Waals surface area contributed by atoms with Gasteiger partial charge in [-0.15, -0.1) is 0 Å². The van der Waals surface area contributed by atoms with Gasteiger partial charge in [0.1, 0.15) is 5.84 Å². The Bertz CT molecular complexity index is 531. The van der Waals surface area contributed by atoms with Gasteiger partial charge in [-0.05, 0) is 30.2 Å². The molecule has 3 heteroatoms. The zero-order valence-electron chi connectivity index (χ0n) is 11.1. The molecule has 0 spiro atoms. The van der Waals surface area contributed by atoms with E-state index < -0.39 is 0 Å². The SMILES string of the molecule is CC1=CC2=NCC(CSCc3ccccc3)N2C=C1. The van der Waals surface area contributed by atoms with Crippen LogP contribution in [0.2, 0.25) is 0 Å². The van der Waals surface area contributed by atoms with Gasteiger partial charge in [-0.1, -0.05) is 30.3 Å². The monoisotopic (exact) mass is 270 g/mol. The standard InChI is InChI=1S/C16H18N2S/c1-13-7-8-18-15(10-17-16(18)9-13)12-19-11-14-5-3-2-4-6-14/h2-9,15H,10-12H2,1H3. The first-order valence-electron chi connectivity index (χ1n) is 6.64. The third-order valence-electron chi connectivity index (χ3n) is 3.40. The summed E-state index contributed by atoms with van der Waals surface area (Å²) in [7, 11) is 0. The highest BCUT2D eigenvalue weighted by atomic mass is 32.2. The van der Waals surface area contributed by atoms with Gasteiger partial charge in [-0.2, -0.15) is 11.8 Å². The summed E-state index contributed by atoms with van der Waals surface area (Å²) < 4.78 is 0. The highest BCUT2D eigenvalue weighted by Crippen LogP contribution is 2.22. The molecule has 2 aliphatic heterocycles. The molecular weight excluding hydrogens is 252 g/mol. The maximum absolute atomic E-state index is 4.62. The van der Waals surface area contributed by atoms with Crippen molar-refractivity contribution >= 4 is 17.6 Å². The number of thioether (sulfide) groups is 1. The lowest BCUT2D eigenvalue weighted by atomic mass is 10.2. The minimum absolute atomic E-state index is 0.518. The number of amidine groups is 1. The van der Waals surface area contributed by atoms with Gasteiger partial charge in [-0.25, -0.2) is 0 Å². The first-order chi connectivity index (χ1) is 9.33. The average Bonchev–Trinajstić information content (AvgIpc) is 2.82. The molecule has 1 aromatic carbocycles. The molecule has 0 bridgehead atoms. The molecule has 0 amide bonds. The van der Waals surface area contributed by atoms with Gasteiger partial charge in [-0.3, -0.25) is 4.99 Å². The van der Waals surface area contributed by atoms with Crippen molar-refractivity contribution in [1.82, 2.24) is 4.90 Å². The Morgan fingerprint density at radius 3 is 3.00 bits per heavy atom. The molecule has 19 heavy (non-hydrogen) atoms. The molecule has 0 aliphatic carbocycles. The molecule has 1 atom stereocenters. The predicted molar refractivity (Wildman–Crippen MR) is 83.4 cm³/mol. The molecule has 2 heterocycles. The van der Waals surface area contributed by atoms with Crippen molar-refractivity contribution < 1.29 is 0 Å². The number of aliphatic imine (C=N–C) groups is 1. The van der Waals surface area contributed by atoms with Crippen LogP contribution in [0.3, 0.4) is 0 Å². The molecule has 1 unspecified atom stereocenters. The number of nitrogens with zero attached hydrogens (tertiary/aromatic N) is 2. The van der Waals surface area contributed by atoms with Gasteiger partial charge in [0.2, 0.25) is 0 Å². The smallest absolute Gasteiger partial charge is 0.128 e. The average molecular weight is 270 g/mol. The number of allylic oxidation sites excluding steroid dienone is 2. The van der Waals surface area contributed by atoms with E-state index >= 15 is 0 Å².